The lowest BCUT2D eigenvalue weighted by atomic mass is 9.98. The zero-order valence-corrected chi connectivity index (χ0v) is 18.5. The molecule has 1 atom stereocenters. The van der Waals surface area contributed by atoms with Crippen molar-refractivity contribution in [3.63, 3.8) is 0 Å². The molecule has 170 valence electrons. The molecule has 0 N–H and O–H groups in total. The van der Waals surface area contributed by atoms with Crippen LogP contribution in [0.1, 0.15) is 23.6 Å². The number of amides is 1. The highest BCUT2D eigenvalue weighted by Gasteiger charge is 2.33. The average molecular weight is 454 g/mol. The number of benzene rings is 3. The number of carbonyl (C=O) groups excluding carboxylic acids is 1. The van der Waals surface area contributed by atoms with Crippen LogP contribution >= 0.6 is 0 Å². The van der Waals surface area contributed by atoms with Crippen LogP contribution in [0.5, 0.6) is 11.5 Å². The summed E-state index contributed by atoms with van der Waals surface area (Å²) >= 11 is 0. The van der Waals surface area contributed by atoms with Gasteiger partial charge < -0.3 is 13.9 Å². The standard InChI is InChI=1S/C26H22N4O4/c1-32-21-11-7-19(8-12-21)24-15-23(18-5-3-2-4-6-18)29-30(24)25(31)16-33-22-13-9-20(10-14-22)26-28-27-17-34-26/h2-14,17,24H,15-16H2,1H3. The molecule has 0 fully saturated rings. The fourth-order valence-electron chi connectivity index (χ4n) is 3.83. The van der Waals surface area contributed by atoms with E-state index in [4.69, 9.17) is 13.9 Å². The number of hydrazone groups is 1. The fraction of sp³-hybridized carbons (Fsp3) is 0.154. The van der Waals surface area contributed by atoms with Crippen LogP contribution in [-0.4, -0.2) is 40.5 Å². The minimum Gasteiger partial charge on any atom is -0.497 e. The summed E-state index contributed by atoms with van der Waals surface area (Å²) in [5, 5.41) is 13.8. The quantitative estimate of drug-likeness (QED) is 0.408. The first kappa shape index (κ1) is 21.4. The third-order valence-corrected chi connectivity index (χ3v) is 5.60. The highest BCUT2D eigenvalue weighted by molar-refractivity contribution is 6.03. The number of hydrogen-bond donors (Lipinski definition) is 0. The zero-order valence-electron chi connectivity index (χ0n) is 18.5. The lowest BCUT2D eigenvalue weighted by Gasteiger charge is -2.22. The lowest BCUT2D eigenvalue weighted by molar-refractivity contribution is -0.135. The van der Waals surface area contributed by atoms with Crippen LogP contribution in [0.2, 0.25) is 0 Å². The third-order valence-electron chi connectivity index (χ3n) is 5.60. The molecule has 3 aromatic carbocycles. The van der Waals surface area contributed by atoms with Crippen LogP contribution < -0.4 is 9.47 Å². The van der Waals surface area contributed by atoms with Gasteiger partial charge in [-0.25, -0.2) is 5.01 Å². The Morgan fingerprint density at radius 1 is 0.971 bits per heavy atom. The van der Waals surface area contributed by atoms with Crippen LogP contribution in [-0.2, 0) is 4.79 Å². The summed E-state index contributed by atoms with van der Waals surface area (Å²) in [6, 6.07) is 24.5. The fourth-order valence-corrected chi connectivity index (χ4v) is 3.83. The minimum absolute atomic E-state index is 0.141. The van der Waals surface area contributed by atoms with Crippen LogP contribution in [0.3, 0.4) is 0 Å². The number of nitrogens with zero attached hydrogens (tertiary/aromatic N) is 4. The van der Waals surface area contributed by atoms with Crippen molar-refractivity contribution < 1.29 is 18.7 Å². The molecule has 1 unspecified atom stereocenters. The molecule has 5 rings (SSSR count). The molecule has 34 heavy (non-hydrogen) atoms. The van der Waals surface area contributed by atoms with Crippen LogP contribution in [0.15, 0.2) is 94.8 Å². The van der Waals surface area contributed by atoms with Gasteiger partial charge in [-0.2, -0.15) is 5.10 Å². The van der Waals surface area contributed by atoms with E-state index in [2.05, 4.69) is 15.3 Å². The summed E-state index contributed by atoms with van der Waals surface area (Å²) < 4.78 is 16.2. The van der Waals surface area contributed by atoms with Gasteiger partial charge in [0.2, 0.25) is 12.3 Å². The van der Waals surface area contributed by atoms with Crippen molar-refractivity contribution in [2.75, 3.05) is 13.7 Å². The first-order valence-corrected chi connectivity index (χ1v) is 10.8. The Balaban J connectivity index is 1.33. The molecular weight excluding hydrogens is 432 g/mol. The Morgan fingerprint density at radius 3 is 2.38 bits per heavy atom. The maximum atomic E-state index is 13.2. The second-order valence-electron chi connectivity index (χ2n) is 7.70. The summed E-state index contributed by atoms with van der Waals surface area (Å²) in [7, 11) is 1.63. The van der Waals surface area contributed by atoms with E-state index in [1.807, 2.05) is 54.6 Å². The van der Waals surface area contributed by atoms with E-state index in [1.54, 1.807) is 31.4 Å². The maximum absolute atomic E-state index is 13.2. The van der Waals surface area contributed by atoms with Gasteiger partial charge in [0.15, 0.2) is 6.61 Å². The molecule has 0 bridgehead atoms. The highest BCUT2D eigenvalue weighted by atomic mass is 16.5. The highest BCUT2D eigenvalue weighted by Crippen LogP contribution is 2.33. The number of carbonyl (C=O) groups is 1. The Bertz CT molecular complexity index is 1270. The van der Waals surface area contributed by atoms with E-state index < -0.39 is 0 Å². The van der Waals surface area contributed by atoms with Crippen LogP contribution in [0, 0.1) is 0 Å². The van der Waals surface area contributed by atoms with Crippen LogP contribution in [0.4, 0.5) is 0 Å². The molecule has 1 aliphatic heterocycles. The second kappa shape index (κ2) is 9.58. The number of hydrogen-bond acceptors (Lipinski definition) is 7. The summed E-state index contributed by atoms with van der Waals surface area (Å²) in [5.74, 6) is 1.51. The average Bonchev–Trinajstić information content (AvgIpc) is 3.59. The molecule has 0 aliphatic carbocycles. The summed E-state index contributed by atoms with van der Waals surface area (Å²) in [5.41, 5.74) is 3.60. The van der Waals surface area contributed by atoms with Gasteiger partial charge in [-0.05, 0) is 47.5 Å². The molecule has 0 saturated carbocycles. The van der Waals surface area contributed by atoms with E-state index in [1.165, 1.54) is 11.4 Å². The molecule has 0 radical (unpaired) electrons. The van der Waals surface area contributed by atoms with Gasteiger partial charge in [-0.1, -0.05) is 42.5 Å². The number of ether oxygens (including phenoxy) is 2. The Labute approximate surface area is 196 Å². The van der Waals surface area contributed by atoms with Crippen molar-refractivity contribution in [1.29, 1.82) is 0 Å². The number of rotatable bonds is 7. The normalized spacial score (nSPS) is 15.1. The molecule has 0 spiro atoms. The second-order valence-corrected chi connectivity index (χ2v) is 7.70. The Hall–Kier alpha value is -4.46. The van der Waals surface area contributed by atoms with Crippen molar-refractivity contribution in [2.45, 2.75) is 12.5 Å². The van der Waals surface area contributed by atoms with E-state index in [-0.39, 0.29) is 18.6 Å². The smallest absolute Gasteiger partial charge is 0.281 e. The molecule has 8 nitrogen and oxygen atoms in total. The molecule has 0 saturated heterocycles. The summed E-state index contributed by atoms with van der Waals surface area (Å²) in [6.45, 7) is -0.141. The van der Waals surface area contributed by atoms with Gasteiger partial charge in [0, 0.05) is 12.0 Å². The summed E-state index contributed by atoms with van der Waals surface area (Å²) in [4.78, 5) is 13.2. The van der Waals surface area contributed by atoms with Crippen molar-refractivity contribution in [3.8, 4) is 23.0 Å². The summed E-state index contributed by atoms with van der Waals surface area (Å²) in [6.07, 6.45) is 1.89. The lowest BCUT2D eigenvalue weighted by Crippen LogP contribution is -2.31. The van der Waals surface area contributed by atoms with Gasteiger partial charge in [0.25, 0.3) is 5.91 Å². The maximum Gasteiger partial charge on any atom is 0.281 e. The van der Waals surface area contributed by atoms with E-state index >= 15 is 0 Å². The van der Waals surface area contributed by atoms with Gasteiger partial charge in [-0.3, -0.25) is 4.79 Å². The largest absolute Gasteiger partial charge is 0.497 e. The van der Waals surface area contributed by atoms with Crippen molar-refractivity contribution in [3.05, 3.63) is 96.4 Å². The molecule has 1 aromatic heterocycles. The van der Waals surface area contributed by atoms with E-state index in [9.17, 15) is 4.79 Å². The molecule has 1 aliphatic rings. The monoisotopic (exact) mass is 454 g/mol. The third kappa shape index (κ3) is 4.52. The van der Waals surface area contributed by atoms with Crippen molar-refractivity contribution >= 4 is 11.6 Å². The molecule has 4 aromatic rings. The Morgan fingerprint density at radius 2 is 1.71 bits per heavy atom. The van der Waals surface area contributed by atoms with E-state index in [0.29, 0.717) is 18.1 Å². The molecular formula is C26H22N4O4. The van der Waals surface area contributed by atoms with Gasteiger partial charge in [0.1, 0.15) is 11.5 Å². The molecule has 8 heteroatoms. The first-order valence-electron chi connectivity index (χ1n) is 10.8. The van der Waals surface area contributed by atoms with E-state index in [0.717, 1.165) is 28.2 Å². The van der Waals surface area contributed by atoms with Crippen molar-refractivity contribution in [1.82, 2.24) is 15.2 Å². The number of aromatic nitrogens is 2. The van der Waals surface area contributed by atoms with Gasteiger partial charge >= 0.3 is 0 Å². The van der Waals surface area contributed by atoms with Crippen molar-refractivity contribution in [2.24, 2.45) is 5.10 Å². The van der Waals surface area contributed by atoms with Gasteiger partial charge in [-0.15, -0.1) is 10.2 Å². The zero-order chi connectivity index (χ0) is 23.3. The first-order chi connectivity index (χ1) is 16.7. The minimum atomic E-state index is -0.229. The molecule has 1 amide bonds. The van der Waals surface area contributed by atoms with Gasteiger partial charge in [0.05, 0.1) is 18.9 Å². The predicted molar refractivity (Wildman–Crippen MR) is 125 cm³/mol. The Kier molecular flexibility index (Phi) is 6.03. The molecule has 2 heterocycles. The topological polar surface area (TPSA) is 90.0 Å². The number of methoxy groups -OCH3 is 1. The van der Waals surface area contributed by atoms with Crippen LogP contribution in [0.25, 0.3) is 11.5 Å². The SMILES string of the molecule is COc1ccc(C2CC(c3ccccc3)=NN2C(=O)COc2ccc(-c3nnco3)cc2)cc1. The predicted octanol–water partition coefficient (Wildman–Crippen LogP) is 4.50.